The minimum atomic E-state index is 0.118. The van der Waals surface area contributed by atoms with Crippen molar-refractivity contribution >= 4 is 5.78 Å². The van der Waals surface area contributed by atoms with Crippen LogP contribution < -0.4 is 4.74 Å². The van der Waals surface area contributed by atoms with Crippen molar-refractivity contribution in [3.8, 4) is 5.75 Å². The van der Waals surface area contributed by atoms with Crippen LogP contribution in [0.25, 0.3) is 0 Å². The number of aryl methyl sites for hydroxylation is 2. The molecular formula is C14H16O2. The summed E-state index contributed by atoms with van der Waals surface area (Å²) in [6, 6.07) is 6.38. The Morgan fingerprint density at radius 3 is 2.81 bits per heavy atom. The molecule has 1 fully saturated rings. The van der Waals surface area contributed by atoms with Crippen LogP contribution in [-0.2, 0) is 17.6 Å². The molecule has 1 atom stereocenters. The highest BCUT2D eigenvalue weighted by Gasteiger charge is 2.23. The summed E-state index contributed by atoms with van der Waals surface area (Å²) in [6.45, 7) is 0. The van der Waals surface area contributed by atoms with E-state index >= 15 is 0 Å². The fourth-order valence-electron chi connectivity index (χ4n) is 2.69. The zero-order valence-corrected chi connectivity index (χ0v) is 9.37. The van der Waals surface area contributed by atoms with Crippen molar-refractivity contribution in [3.63, 3.8) is 0 Å². The van der Waals surface area contributed by atoms with Crippen LogP contribution in [0.3, 0.4) is 0 Å². The Hall–Kier alpha value is -1.31. The van der Waals surface area contributed by atoms with Gasteiger partial charge in [0.2, 0.25) is 0 Å². The summed E-state index contributed by atoms with van der Waals surface area (Å²) in [5, 5.41) is 0. The standard InChI is InChI=1S/C14H16O2/c15-12-5-7-14(9-12)16-13-6-4-10-2-1-3-11(10)8-13/h4,6,8,14H,1-3,5,7,9H2. The van der Waals surface area contributed by atoms with Crippen molar-refractivity contribution in [1.82, 2.24) is 0 Å². The Bertz CT molecular complexity index is 423. The van der Waals surface area contributed by atoms with Crippen LogP contribution in [0.4, 0.5) is 0 Å². The van der Waals surface area contributed by atoms with Crippen LogP contribution in [0.1, 0.15) is 36.8 Å². The third-order valence-electron chi connectivity index (χ3n) is 3.57. The van der Waals surface area contributed by atoms with Crippen molar-refractivity contribution in [1.29, 1.82) is 0 Å². The largest absolute Gasteiger partial charge is 0.490 e. The summed E-state index contributed by atoms with van der Waals surface area (Å²) in [5.41, 5.74) is 2.90. The van der Waals surface area contributed by atoms with Gasteiger partial charge in [-0.2, -0.15) is 0 Å². The second kappa shape index (κ2) is 3.93. The minimum Gasteiger partial charge on any atom is -0.490 e. The first-order valence-electron chi connectivity index (χ1n) is 6.11. The number of ether oxygens (including phenoxy) is 1. The number of benzene rings is 1. The van der Waals surface area contributed by atoms with E-state index in [0.29, 0.717) is 18.6 Å². The van der Waals surface area contributed by atoms with E-state index in [1.807, 2.05) is 6.07 Å². The van der Waals surface area contributed by atoms with Gasteiger partial charge >= 0.3 is 0 Å². The smallest absolute Gasteiger partial charge is 0.136 e. The van der Waals surface area contributed by atoms with Crippen molar-refractivity contribution in [2.24, 2.45) is 0 Å². The second-order valence-corrected chi connectivity index (χ2v) is 4.81. The molecule has 2 aliphatic rings. The molecule has 84 valence electrons. The molecule has 0 saturated heterocycles. The van der Waals surface area contributed by atoms with Gasteiger partial charge in [0, 0.05) is 12.8 Å². The van der Waals surface area contributed by atoms with Gasteiger partial charge in [-0.25, -0.2) is 0 Å². The molecule has 16 heavy (non-hydrogen) atoms. The lowest BCUT2D eigenvalue weighted by molar-refractivity contribution is -0.117. The van der Waals surface area contributed by atoms with E-state index < -0.39 is 0 Å². The molecule has 1 aromatic carbocycles. The average Bonchev–Trinajstić information content (AvgIpc) is 2.87. The maximum Gasteiger partial charge on any atom is 0.136 e. The molecule has 0 N–H and O–H groups in total. The number of rotatable bonds is 2. The third kappa shape index (κ3) is 1.84. The van der Waals surface area contributed by atoms with Gasteiger partial charge in [-0.15, -0.1) is 0 Å². The van der Waals surface area contributed by atoms with Gasteiger partial charge in [0.25, 0.3) is 0 Å². The molecule has 0 radical (unpaired) electrons. The molecule has 0 aromatic heterocycles. The number of ketones is 1. The van der Waals surface area contributed by atoms with Crippen LogP contribution in [0.5, 0.6) is 5.75 Å². The normalized spacial score (nSPS) is 23.5. The minimum absolute atomic E-state index is 0.118. The number of carbonyl (C=O) groups excluding carboxylic acids is 1. The lowest BCUT2D eigenvalue weighted by atomic mass is 10.1. The van der Waals surface area contributed by atoms with E-state index in [1.165, 1.54) is 30.4 Å². The van der Waals surface area contributed by atoms with Gasteiger partial charge in [0.1, 0.15) is 17.6 Å². The number of Topliss-reactive ketones (excluding diaryl/α,β-unsaturated/α-hetero) is 1. The molecule has 0 amide bonds. The summed E-state index contributed by atoms with van der Waals surface area (Å²) < 4.78 is 5.85. The van der Waals surface area contributed by atoms with Gasteiger partial charge < -0.3 is 4.74 Å². The Morgan fingerprint density at radius 1 is 1.12 bits per heavy atom. The molecule has 3 rings (SSSR count). The molecule has 0 spiro atoms. The summed E-state index contributed by atoms with van der Waals surface area (Å²) in [5.74, 6) is 1.28. The molecule has 1 saturated carbocycles. The molecule has 0 bridgehead atoms. The van der Waals surface area contributed by atoms with Crippen LogP contribution in [-0.4, -0.2) is 11.9 Å². The van der Waals surface area contributed by atoms with Crippen molar-refractivity contribution < 1.29 is 9.53 Å². The van der Waals surface area contributed by atoms with E-state index in [1.54, 1.807) is 0 Å². The van der Waals surface area contributed by atoms with E-state index in [0.717, 1.165) is 12.2 Å². The Labute approximate surface area is 95.6 Å². The number of carbonyl (C=O) groups is 1. The fraction of sp³-hybridized carbons (Fsp3) is 0.500. The number of hydrogen-bond acceptors (Lipinski definition) is 2. The van der Waals surface area contributed by atoms with Gasteiger partial charge in [0.05, 0.1) is 0 Å². The quantitative estimate of drug-likeness (QED) is 0.759. The summed E-state index contributed by atoms with van der Waals surface area (Å²) in [7, 11) is 0. The topological polar surface area (TPSA) is 26.3 Å². The summed E-state index contributed by atoms with van der Waals surface area (Å²) in [4.78, 5) is 11.2. The molecule has 1 aromatic rings. The van der Waals surface area contributed by atoms with Crippen molar-refractivity contribution in [2.75, 3.05) is 0 Å². The Kier molecular flexibility index (Phi) is 2.43. The highest BCUT2D eigenvalue weighted by molar-refractivity contribution is 5.81. The van der Waals surface area contributed by atoms with E-state index in [-0.39, 0.29) is 6.10 Å². The Balaban J connectivity index is 1.73. The van der Waals surface area contributed by atoms with E-state index in [9.17, 15) is 4.79 Å². The highest BCUT2D eigenvalue weighted by atomic mass is 16.5. The van der Waals surface area contributed by atoms with E-state index in [4.69, 9.17) is 4.74 Å². The molecule has 2 nitrogen and oxygen atoms in total. The van der Waals surface area contributed by atoms with Crippen LogP contribution in [0.15, 0.2) is 18.2 Å². The third-order valence-corrected chi connectivity index (χ3v) is 3.57. The first-order valence-corrected chi connectivity index (χ1v) is 6.11. The first kappa shape index (κ1) is 9.88. The predicted octanol–water partition coefficient (Wildman–Crippen LogP) is 2.68. The molecule has 2 aliphatic carbocycles. The molecule has 1 unspecified atom stereocenters. The maximum absolute atomic E-state index is 11.2. The first-order chi connectivity index (χ1) is 7.81. The molecule has 0 aliphatic heterocycles. The average molecular weight is 216 g/mol. The summed E-state index contributed by atoms with van der Waals surface area (Å²) in [6.07, 6.45) is 5.93. The van der Waals surface area contributed by atoms with Crippen LogP contribution >= 0.6 is 0 Å². The second-order valence-electron chi connectivity index (χ2n) is 4.81. The number of hydrogen-bond donors (Lipinski definition) is 0. The Morgan fingerprint density at radius 2 is 2.00 bits per heavy atom. The lowest BCUT2D eigenvalue weighted by Gasteiger charge is -2.13. The van der Waals surface area contributed by atoms with Crippen LogP contribution in [0.2, 0.25) is 0 Å². The van der Waals surface area contributed by atoms with Crippen LogP contribution in [0, 0.1) is 0 Å². The van der Waals surface area contributed by atoms with Gasteiger partial charge in [-0.05, 0) is 48.9 Å². The van der Waals surface area contributed by atoms with Gasteiger partial charge in [-0.3, -0.25) is 4.79 Å². The summed E-state index contributed by atoms with van der Waals surface area (Å²) >= 11 is 0. The van der Waals surface area contributed by atoms with E-state index in [2.05, 4.69) is 12.1 Å². The predicted molar refractivity (Wildman–Crippen MR) is 61.7 cm³/mol. The van der Waals surface area contributed by atoms with Gasteiger partial charge in [0.15, 0.2) is 0 Å². The van der Waals surface area contributed by atoms with Crippen molar-refractivity contribution in [3.05, 3.63) is 29.3 Å². The fourth-order valence-corrected chi connectivity index (χ4v) is 2.69. The zero-order chi connectivity index (χ0) is 11.0. The maximum atomic E-state index is 11.2. The molecule has 0 heterocycles. The van der Waals surface area contributed by atoms with Gasteiger partial charge in [-0.1, -0.05) is 6.07 Å². The lowest BCUT2D eigenvalue weighted by Crippen LogP contribution is -2.12. The zero-order valence-electron chi connectivity index (χ0n) is 9.37. The highest BCUT2D eigenvalue weighted by Crippen LogP contribution is 2.28. The molecular weight excluding hydrogens is 200 g/mol. The number of fused-ring (bicyclic) bond motifs is 1. The van der Waals surface area contributed by atoms with Crippen molar-refractivity contribution in [2.45, 2.75) is 44.6 Å². The molecule has 2 heteroatoms. The SMILES string of the molecule is O=C1CCC(Oc2ccc3c(c2)CCC3)C1. The monoisotopic (exact) mass is 216 g/mol.